The number of carbonyl (C=O) groups excluding carboxylic acids is 1. The van der Waals surface area contributed by atoms with E-state index in [4.69, 9.17) is 22.1 Å². The first-order chi connectivity index (χ1) is 12.2. The Hall–Kier alpha value is -1.25. The average Bonchev–Trinajstić information content (AvgIpc) is 3.19. The van der Waals surface area contributed by atoms with Crippen molar-refractivity contribution in [3.8, 4) is 0 Å². The summed E-state index contributed by atoms with van der Waals surface area (Å²) in [5.74, 6) is 1.30. The molecule has 0 spiro atoms. The van der Waals surface area contributed by atoms with Gasteiger partial charge in [-0.2, -0.15) is 5.10 Å². The van der Waals surface area contributed by atoms with Crippen LogP contribution in [0.25, 0.3) is 0 Å². The minimum atomic E-state index is -0.205. The molecule has 2 saturated heterocycles. The average molecular weight is 366 g/mol. The quantitative estimate of drug-likeness (QED) is 0.759. The van der Waals surface area contributed by atoms with E-state index in [0.29, 0.717) is 0 Å². The first-order valence-electron chi connectivity index (χ1n) is 9.51. The van der Waals surface area contributed by atoms with Gasteiger partial charge in [-0.1, -0.05) is 6.42 Å². The van der Waals surface area contributed by atoms with Gasteiger partial charge in [0.25, 0.3) is 5.91 Å². The topological polar surface area (TPSA) is 55.5 Å². The summed E-state index contributed by atoms with van der Waals surface area (Å²) in [6, 6.07) is 0. The van der Waals surface area contributed by atoms with Crippen molar-refractivity contribution in [1.29, 1.82) is 0 Å². The lowest BCUT2D eigenvalue weighted by Crippen LogP contribution is -2.51. The second kappa shape index (κ2) is 7.55. The van der Waals surface area contributed by atoms with Crippen molar-refractivity contribution < 1.29 is 9.53 Å². The molecule has 0 aromatic carbocycles. The molecule has 1 aromatic heterocycles. The fourth-order valence-corrected chi connectivity index (χ4v) is 4.29. The fourth-order valence-electron chi connectivity index (χ4n) is 3.99. The van der Waals surface area contributed by atoms with Crippen molar-refractivity contribution in [3.05, 3.63) is 10.6 Å². The van der Waals surface area contributed by atoms with Gasteiger partial charge in [0, 0.05) is 45.8 Å². The van der Waals surface area contributed by atoms with Crippen molar-refractivity contribution >= 4 is 18.1 Å². The van der Waals surface area contributed by atoms with Crippen LogP contribution >= 0.6 is 12.2 Å². The van der Waals surface area contributed by atoms with E-state index < -0.39 is 0 Å². The molecule has 1 atom stereocenters. The summed E-state index contributed by atoms with van der Waals surface area (Å²) in [6.45, 7) is 5.70. The van der Waals surface area contributed by atoms with E-state index in [2.05, 4.69) is 9.47 Å². The SMILES string of the molecule is O=C(C1CCCO1)N1CCN(Cn2nc3n(c2=S)CCCCC3)CC1. The molecule has 8 heteroatoms. The number of hydrogen-bond donors (Lipinski definition) is 0. The predicted molar refractivity (Wildman–Crippen MR) is 95.7 cm³/mol. The Morgan fingerprint density at radius 1 is 1.12 bits per heavy atom. The number of fused-ring (bicyclic) bond motifs is 1. The minimum Gasteiger partial charge on any atom is -0.368 e. The molecule has 1 aromatic rings. The van der Waals surface area contributed by atoms with Gasteiger partial charge in [-0.25, -0.2) is 4.68 Å². The summed E-state index contributed by atoms with van der Waals surface area (Å²) >= 11 is 5.63. The lowest BCUT2D eigenvalue weighted by molar-refractivity contribution is -0.142. The van der Waals surface area contributed by atoms with Crippen LogP contribution in [0.4, 0.5) is 0 Å². The van der Waals surface area contributed by atoms with E-state index in [9.17, 15) is 4.79 Å². The van der Waals surface area contributed by atoms with Crippen molar-refractivity contribution in [3.63, 3.8) is 0 Å². The molecule has 25 heavy (non-hydrogen) atoms. The van der Waals surface area contributed by atoms with Crippen LogP contribution in [0.3, 0.4) is 0 Å². The standard InChI is InChI=1S/C17H27N5O2S/c23-16(14-5-4-12-24-14)20-10-8-19(9-11-20)13-22-17(25)21-7-3-1-2-6-15(21)18-22/h14H,1-13H2. The van der Waals surface area contributed by atoms with Gasteiger partial charge in [-0.05, 0) is 37.9 Å². The normalized spacial score (nSPS) is 25.0. The molecule has 3 aliphatic rings. The molecule has 0 aliphatic carbocycles. The van der Waals surface area contributed by atoms with Gasteiger partial charge in [-0.15, -0.1) is 0 Å². The Morgan fingerprint density at radius 3 is 2.72 bits per heavy atom. The Morgan fingerprint density at radius 2 is 1.96 bits per heavy atom. The molecule has 7 nitrogen and oxygen atoms in total. The lowest BCUT2D eigenvalue weighted by Gasteiger charge is -2.35. The van der Waals surface area contributed by atoms with E-state index in [-0.39, 0.29) is 12.0 Å². The monoisotopic (exact) mass is 365 g/mol. The first-order valence-corrected chi connectivity index (χ1v) is 9.92. The third kappa shape index (κ3) is 3.66. The van der Waals surface area contributed by atoms with E-state index in [0.717, 1.165) is 75.9 Å². The maximum absolute atomic E-state index is 12.4. The zero-order chi connectivity index (χ0) is 17.2. The van der Waals surface area contributed by atoms with Crippen LogP contribution in [-0.2, 0) is 29.2 Å². The van der Waals surface area contributed by atoms with Gasteiger partial charge in [0.15, 0.2) is 4.77 Å². The van der Waals surface area contributed by atoms with Crippen molar-refractivity contribution in [2.45, 2.75) is 57.8 Å². The summed E-state index contributed by atoms with van der Waals surface area (Å²) in [4.78, 5) is 16.7. The number of aryl methyl sites for hydroxylation is 1. The molecule has 3 aliphatic heterocycles. The number of hydrogen-bond acceptors (Lipinski definition) is 5. The van der Waals surface area contributed by atoms with Crippen LogP contribution < -0.4 is 0 Å². The van der Waals surface area contributed by atoms with Crippen LogP contribution in [0.2, 0.25) is 0 Å². The number of nitrogens with zero attached hydrogens (tertiary/aromatic N) is 5. The molecule has 2 fully saturated rings. The van der Waals surface area contributed by atoms with Crippen LogP contribution in [-0.4, -0.2) is 68.9 Å². The molecular formula is C17H27N5O2S. The van der Waals surface area contributed by atoms with Crippen LogP contribution in [0.1, 0.15) is 37.9 Å². The number of ether oxygens (including phenoxy) is 1. The number of amides is 1. The van der Waals surface area contributed by atoms with Gasteiger partial charge in [-0.3, -0.25) is 9.69 Å². The van der Waals surface area contributed by atoms with Gasteiger partial charge >= 0.3 is 0 Å². The second-order valence-corrected chi connectivity index (χ2v) is 7.61. The summed E-state index contributed by atoms with van der Waals surface area (Å²) in [6.07, 6.45) is 6.35. The molecule has 0 saturated carbocycles. The van der Waals surface area contributed by atoms with E-state index in [1.807, 2.05) is 9.58 Å². The third-order valence-electron chi connectivity index (χ3n) is 5.50. The van der Waals surface area contributed by atoms with Crippen LogP contribution in [0, 0.1) is 4.77 Å². The molecular weight excluding hydrogens is 338 g/mol. The highest BCUT2D eigenvalue weighted by atomic mass is 32.1. The molecule has 138 valence electrons. The van der Waals surface area contributed by atoms with Gasteiger partial charge in [0.05, 0.1) is 6.67 Å². The molecule has 4 rings (SSSR count). The van der Waals surface area contributed by atoms with Gasteiger partial charge < -0.3 is 14.2 Å². The highest BCUT2D eigenvalue weighted by Gasteiger charge is 2.30. The molecule has 1 unspecified atom stereocenters. The Kier molecular flexibility index (Phi) is 5.19. The number of aromatic nitrogens is 3. The van der Waals surface area contributed by atoms with Gasteiger partial charge in [0.2, 0.25) is 0 Å². The zero-order valence-electron chi connectivity index (χ0n) is 14.7. The summed E-state index contributed by atoms with van der Waals surface area (Å²) in [5.41, 5.74) is 0. The molecule has 4 heterocycles. The first kappa shape index (κ1) is 17.2. The van der Waals surface area contributed by atoms with Gasteiger partial charge in [0.1, 0.15) is 11.9 Å². The minimum absolute atomic E-state index is 0.169. The maximum atomic E-state index is 12.4. The summed E-state index contributed by atoms with van der Waals surface area (Å²) in [7, 11) is 0. The smallest absolute Gasteiger partial charge is 0.251 e. The Balaban J connectivity index is 1.34. The summed E-state index contributed by atoms with van der Waals surface area (Å²) < 4.78 is 10.5. The number of rotatable bonds is 3. The highest BCUT2D eigenvalue weighted by molar-refractivity contribution is 7.71. The fraction of sp³-hybridized carbons (Fsp3) is 0.824. The summed E-state index contributed by atoms with van der Waals surface area (Å²) in [5, 5.41) is 4.75. The molecule has 0 bridgehead atoms. The van der Waals surface area contributed by atoms with Crippen LogP contribution in [0.15, 0.2) is 0 Å². The van der Waals surface area contributed by atoms with Crippen molar-refractivity contribution in [1.82, 2.24) is 24.1 Å². The molecule has 1 amide bonds. The number of carbonyl (C=O) groups is 1. The van der Waals surface area contributed by atoms with Crippen molar-refractivity contribution in [2.24, 2.45) is 0 Å². The van der Waals surface area contributed by atoms with E-state index in [1.165, 1.54) is 19.3 Å². The molecule has 0 N–H and O–H groups in total. The third-order valence-corrected chi connectivity index (χ3v) is 5.94. The van der Waals surface area contributed by atoms with E-state index >= 15 is 0 Å². The largest absolute Gasteiger partial charge is 0.368 e. The number of piperazine rings is 1. The Labute approximate surface area is 153 Å². The second-order valence-electron chi connectivity index (χ2n) is 7.25. The molecule has 0 radical (unpaired) electrons. The highest BCUT2D eigenvalue weighted by Crippen LogP contribution is 2.17. The lowest BCUT2D eigenvalue weighted by atomic mass is 10.2. The maximum Gasteiger partial charge on any atom is 0.251 e. The zero-order valence-corrected chi connectivity index (χ0v) is 15.5. The van der Waals surface area contributed by atoms with Crippen molar-refractivity contribution in [2.75, 3.05) is 32.8 Å². The van der Waals surface area contributed by atoms with E-state index in [1.54, 1.807) is 0 Å². The van der Waals surface area contributed by atoms with Crippen LogP contribution in [0.5, 0.6) is 0 Å². The Bertz CT molecular complexity index is 671. The predicted octanol–water partition coefficient (Wildman–Crippen LogP) is 1.42.